The third kappa shape index (κ3) is 2.84. The predicted molar refractivity (Wildman–Crippen MR) is 67.9 cm³/mol. The van der Waals surface area contributed by atoms with Gasteiger partial charge in [-0.05, 0) is 36.4 Å². The Kier molecular flexibility index (Phi) is 3.17. The van der Waals surface area contributed by atoms with E-state index >= 15 is 0 Å². The molecule has 16 heavy (non-hydrogen) atoms. The minimum atomic E-state index is -1.45. The van der Waals surface area contributed by atoms with Crippen LogP contribution < -0.4 is 4.72 Å². The van der Waals surface area contributed by atoms with E-state index in [-0.39, 0.29) is 6.04 Å². The normalized spacial score (nSPS) is 12.9. The molecule has 2 aromatic rings. The SMILES string of the molecule is [2H]c1cc(Cl)ccc1S(=O)Nc1ccccc1. The van der Waals surface area contributed by atoms with Crippen molar-refractivity contribution in [2.75, 3.05) is 4.72 Å². The molecule has 0 spiro atoms. The summed E-state index contributed by atoms with van der Waals surface area (Å²) in [5, 5.41) is 0.468. The number of halogens is 1. The molecule has 4 heteroatoms. The second-order valence-electron chi connectivity index (χ2n) is 3.11. The number of hydrogen-bond donors (Lipinski definition) is 1. The Hall–Kier alpha value is -1.32. The van der Waals surface area contributed by atoms with Crippen LogP contribution >= 0.6 is 11.6 Å². The zero-order chi connectivity index (χ0) is 12.3. The molecular formula is C12H10ClNOS. The first-order valence-corrected chi connectivity index (χ1v) is 6.19. The lowest BCUT2D eigenvalue weighted by atomic mass is 10.3. The van der Waals surface area contributed by atoms with Gasteiger partial charge in [-0.3, -0.25) is 0 Å². The fraction of sp³-hybridized carbons (Fsp3) is 0. The van der Waals surface area contributed by atoms with Gasteiger partial charge >= 0.3 is 0 Å². The fourth-order valence-electron chi connectivity index (χ4n) is 1.18. The van der Waals surface area contributed by atoms with Crippen molar-refractivity contribution in [3.05, 3.63) is 59.6 Å². The van der Waals surface area contributed by atoms with E-state index in [1.165, 1.54) is 6.07 Å². The van der Waals surface area contributed by atoms with Crippen LogP contribution in [0.2, 0.25) is 5.02 Å². The number of benzene rings is 2. The fourth-order valence-corrected chi connectivity index (χ4v) is 2.11. The minimum Gasteiger partial charge on any atom is -0.301 e. The van der Waals surface area contributed by atoms with E-state index in [1.807, 2.05) is 30.3 Å². The predicted octanol–water partition coefficient (Wildman–Crippen LogP) is 3.47. The summed E-state index contributed by atoms with van der Waals surface area (Å²) in [6, 6.07) is 14.1. The van der Waals surface area contributed by atoms with Crippen LogP contribution in [0.4, 0.5) is 5.69 Å². The van der Waals surface area contributed by atoms with Gasteiger partial charge in [-0.25, -0.2) is 4.21 Å². The Bertz CT molecular complexity index is 547. The smallest absolute Gasteiger partial charge is 0.150 e. The van der Waals surface area contributed by atoms with Crippen molar-refractivity contribution in [3.8, 4) is 0 Å². The first-order chi connectivity index (χ1) is 8.16. The highest BCUT2D eigenvalue weighted by Crippen LogP contribution is 2.15. The Morgan fingerprint density at radius 1 is 1.12 bits per heavy atom. The van der Waals surface area contributed by atoms with E-state index in [4.69, 9.17) is 13.0 Å². The van der Waals surface area contributed by atoms with E-state index in [2.05, 4.69) is 4.72 Å². The Morgan fingerprint density at radius 2 is 1.88 bits per heavy atom. The van der Waals surface area contributed by atoms with Gasteiger partial charge in [0.15, 0.2) is 0 Å². The topological polar surface area (TPSA) is 29.1 Å². The molecule has 2 nitrogen and oxygen atoms in total. The van der Waals surface area contributed by atoms with Gasteiger partial charge in [0.2, 0.25) is 0 Å². The highest BCUT2D eigenvalue weighted by molar-refractivity contribution is 7.86. The summed E-state index contributed by atoms with van der Waals surface area (Å²) < 4.78 is 22.5. The van der Waals surface area contributed by atoms with Crippen molar-refractivity contribution in [3.63, 3.8) is 0 Å². The zero-order valence-electron chi connectivity index (χ0n) is 9.31. The van der Waals surface area contributed by atoms with Gasteiger partial charge in [-0.1, -0.05) is 29.8 Å². The largest absolute Gasteiger partial charge is 0.301 e. The van der Waals surface area contributed by atoms with Gasteiger partial charge in [-0.2, -0.15) is 0 Å². The van der Waals surface area contributed by atoms with Gasteiger partial charge in [0.05, 0.1) is 6.27 Å². The molecule has 0 heterocycles. The summed E-state index contributed by atoms with van der Waals surface area (Å²) in [6.07, 6.45) is 0. The van der Waals surface area contributed by atoms with E-state index in [9.17, 15) is 4.21 Å². The Labute approximate surface area is 103 Å². The average molecular weight is 253 g/mol. The lowest BCUT2D eigenvalue weighted by molar-refractivity contribution is 0.686. The van der Waals surface area contributed by atoms with Gasteiger partial charge in [0.1, 0.15) is 11.0 Å². The maximum absolute atomic E-state index is 12.0. The second kappa shape index (κ2) is 5.14. The number of hydrogen-bond acceptors (Lipinski definition) is 1. The first-order valence-electron chi connectivity index (χ1n) is 5.16. The molecule has 0 saturated carbocycles. The van der Waals surface area contributed by atoms with Crippen LogP contribution in [0.3, 0.4) is 0 Å². The number of anilines is 1. The van der Waals surface area contributed by atoms with Crippen LogP contribution in [0, 0.1) is 0 Å². The summed E-state index contributed by atoms with van der Waals surface area (Å²) >= 11 is 5.74. The maximum atomic E-state index is 12.0. The minimum absolute atomic E-state index is 0.166. The van der Waals surface area contributed by atoms with Crippen molar-refractivity contribution in [2.24, 2.45) is 0 Å². The summed E-state index contributed by atoms with van der Waals surface area (Å²) in [4.78, 5) is 0.415. The molecular weight excluding hydrogens is 242 g/mol. The molecule has 2 rings (SSSR count). The molecule has 0 fully saturated rings. The molecule has 0 aromatic heterocycles. The molecule has 82 valence electrons. The summed E-state index contributed by atoms with van der Waals surface area (Å²) in [6.45, 7) is 0. The Balaban J connectivity index is 2.21. The molecule has 0 aliphatic heterocycles. The van der Waals surface area contributed by atoms with Gasteiger partial charge < -0.3 is 4.72 Å². The van der Waals surface area contributed by atoms with Crippen molar-refractivity contribution in [2.45, 2.75) is 4.90 Å². The van der Waals surface area contributed by atoms with Crippen LogP contribution in [-0.4, -0.2) is 4.21 Å². The van der Waals surface area contributed by atoms with Crippen LogP contribution in [-0.2, 0) is 11.0 Å². The quantitative estimate of drug-likeness (QED) is 0.890. The molecule has 1 atom stereocenters. The zero-order valence-corrected chi connectivity index (χ0v) is 9.89. The second-order valence-corrected chi connectivity index (χ2v) is 4.73. The molecule has 0 radical (unpaired) electrons. The lowest BCUT2D eigenvalue weighted by Gasteiger charge is -2.05. The summed E-state index contributed by atoms with van der Waals surface area (Å²) in [5.41, 5.74) is 0.750. The first kappa shape index (κ1) is 9.87. The van der Waals surface area contributed by atoms with Gasteiger partial charge in [-0.15, -0.1) is 0 Å². The average Bonchev–Trinajstić information content (AvgIpc) is 2.30. The van der Waals surface area contributed by atoms with E-state index in [0.29, 0.717) is 9.92 Å². The van der Waals surface area contributed by atoms with Crippen molar-refractivity contribution in [1.29, 1.82) is 0 Å². The molecule has 1 N–H and O–H groups in total. The molecule has 0 aliphatic rings. The molecule has 0 saturated heterocycles. The van der Waals surface area contributed by atoms with Crippen molar-refractivity contribution >= 4 is 28.3 Å². The van der Waals surface area contributed by atoms with Crippen LogP contribution in [0.1, 0.15) is 1.37 Å². The molecule has 0 amide bonds. The molecule has 2 aromatic carbocycles. The van der Waals surface area contributed by atoms with Crippen LogP contribution in [0.5, 0.6) is 0 Å². The Morgan fingerprint density at radius 3 is 2.56 bits per heavy atom. The molecule has 0 bridgehead atoms. The maximum Gasteiger partial charge on any atom is 0.150 e. The number of nitrogens with one attached hydrogen (secondary N) is 1. The number of rotatable bonds is 3. The van der Waals surface area contributed by atoms with Crippen LogP contribution in [0.25, 0.3) is 0 Å². The highest BCUT2D eigenvalue weighted by atomic mass is 35.5. The summed E-state index contributed by atoms with van der Waals surface area (Å²) in [5.74, 6) is 0. The third-order valence-electron chi connectivity index (χ3n) is 1.93. The van der Waals surface area contributed by atoms with E-state index in [0.717, 1.165) is 5.69 Å². The van der Waals surface area contributed by atoms with Gasteiger partial charge in [0.25, 0.3) is 0 Å². The van der Waals surface area contributed by atoms with Gasteiger partial charge in [0, 0.05) is 10.7 Å². The van der Waals surface area contributed by atoms with Crippen LogP contribution in [0.15, 0.2) is 59.5 Å². The standard InChI is InChI=1S/C12H10ClNOS/c13-10-6-8-12(9-7-10)16(15)14-11-4-2-1-3-5-11/h1-9,14H/i8D. The van der Waals surface area contributed by atoms with E-state index in [1.54, 1.807) is 12.1 Å². The van der Waals surface area contributed by atoms with Crippen molar-refractivity contribution < 1.29 is 5.58 Å². The third-order valence-corrected chi connectivity index (χ3v) is 3.24. The van der Waals surface area contributed by atoms with E-state index < -0.39 is 11.0 Å². The monoisotopic (exact) mass is 252 g/mol. The highest BCUT2D eigenvalue weighted by Gasteiger charge is 2.02. The molecule has 1 unspecified atom stereocenters. The van der Waals surface area contributed by atoms with Crippen molar-refractivity contribution in [1.82, 2.24) is 0 Å². The summed E-state index contributed by atoms with van der Waals surface area (Å²) in [7, 11) is -1.45. The lowest BCUT2D eigenvalue weighted by Crippen LogP contribution is -2.04. The molecule has 0 aliphatic carbocycles. The number of para-hydroxylation sites is 1.